The first kappa shape index (κ1) is 10.7. The summed E-state index contributed by atoms with van der Waals surface area (Å²) in [4.78, 5) is 22.6. The first-order valence-electron chi connectivity index (χ1n) is 5.22. The summed E-state index contributed by atoms with van der Waals surface area (Å²) in [7, 11) is 0. The second-order valence-electron chi connectivity index (χ2n) is 3.90. The van der Waals surface area contributed by atoms with Crippen molar-refractivity contribution < 1.29 is 9.59 Å². The Morgan fingerprint density at radius 2 is 2.50 bits per heavy atom. The molecule has 0 bridgehead atoms. The number of aromatic nitrogens is 2. The summed E-state index contributed by atoms with van der Waals surface area (Å²) in [6.45, 7) is 2.33. The van der Waals surface area contributed by atoms with Gasteiger partial charge in [0, 0.05) is 24.2 Å². The van der Waals surface area contributed by atoms with E-state index in [9.17, 15) is 9.59 Å². The lowest BCUT2D eigenvalue weighted by atomic mass is 10.2. The minimum absolute atomic E-state index is 0.0559. The lowest BCUT2D eigenvalue weighted by Gasteiger charge is -2.10. The molecule has 0 aliphatic carbocycles. The second-order valence-corrected chi connectivity index (χ2v) is 3.90. The lowest BCUT2D eigenvalue weighted by molar-refractivity contribution is -0.125. The highest BCUT2D eigenvalue weighted by Gasteiger charge is 2.26. The summed E-state index contributed by atoms with van der Waals surface area (Å²) in [5.41, 5.74) is 1.90. The molecule has 0 saturated carbocycles. The number of hydrogen-bond donors (Lipinski definition) is 3. The van der Waals surface area contributed by atoms with Crippen molar-refractivity contribution in [3.8, 4) is 0 Å². The maximum Gasteiger partial charge on any atom is 0.242 e. The fourth-order valence-electron chi connectivity index (χ4n) is 1.67. The Morgan fingerprint density at radius 1 is 1.69 bits per heavy atom. The zero-order valence-corrected chi connectivity index (χ0v) is 9.04. The van der Waals surface area contributed by atoms with Crippen LogP contribution in [0, 0.1) is 6.92 Å². The maximum atomic E-state index is 11.6. The molecule has 1 fully saturated rings. The van der Waals surface area contributed by atoms with Crippen LogP contribution in [0.15, 0.2) is 6.20 Å². The topological polar surface area (TPSA) is 86.9 Å². The Kier molecular flexibility index (Phi) is 2.89. The number of aryl methyl sites for hydroxylation is 1. The summed E-state index contributed by atoms with van der Waals surface area (Å²) in [6, 6.07) is -0.375. The molecule has 2 amide bonds. The SMILES string of the molecule is Cc1[nH]ncc1CNC(=O)C1CCC(=O)N1. The van der Waals surface area contributed by atoms with Gasteiger partial charge in [0.2, 0.25) is 11.8 Å². The minimum atomic E-state index is -0.375. The zero-order valence-electron chi connectivity index (χ0n) is 9.04. The van der Waals surface area contributed by atoms with Crippen molar-refractivity contribution in [2.24, 2.45) is 0 Å². The van der Waals surface area contributed by atoms with E-state index in [4.69, 9.17) is 0 Å². The number of hydrogen-bond acceptors (Lipinski definition) is 3. The fourth-order valence-corrected chi connectivity index (χ4v) is 1.67. The van der Waals surface area contributed by atoms with E-state index in [0.717, 1.165) is 11.3 Å². The molecule has 1 unspecified atom stereocenters. The van der Waals surface area contributed by atoms with E-state index in [2.05, 4.69) is 20.8 Å². The van der Waals surface area contributed by atoms with Crippen LogP contribution >= 0.6 is 0 Å². The molecule has 1 aliphatic rings. The molecule has 0 aromatic carbocycles. The number of carbonyl (C=O) groups is 2. The van der Waals surface area contributed by atoms with Crippen LogP contribution in [-0.4, -0.2) is 28.1 Å². The highest BCUT2D eigenvalue weighted by atomic mass is 16.2. The van der Waals surface area contributed by atoms with Gasteiger partial charge in [0.25, 0.3) is 0 Å². The third kappa shape index (κ3) is 2.21. The number of aromatic amines is 1. The van der Waals surface area contributed by atoms with E-state index in [1.165, 1.54) is 0 Å². The van der Waals surface area contributed by atoms with Crippen LogP contribution in [-0.2, 0) is 16.1 Å². The number of rotatable bonds is 3. The molecule has 16 heavy (non-hydrogen) atoms. The normalized spacial score (nSPS) is 19.6. The van der Waals surface area contributed by atoms with Gasteiger partial charge in [-0.2, -0.15) is 5.10 Å². The Labute approximate surface area is 92.8 Å². The van der Waals surface area contributed by atoms with Crippen LogP contribution in [0.1, 0.15) is 24.1 Å². The molecule has 1 atom stereocenters. The average Bonchev–Trinajstić information content (AvgIpc) is 2.84. The summed E-state index contributed by atoms with van der Waals surface area (Å²) in [6.07, 6.45) is 2.70. The largest absolute Gasteiger partial charge is 0.350 e. The van der Waals surface area contributed by atoms with Gasteiger partial charge in [-0.1, -0.05) is 0 Å². The van der Waals surface area contributed by atoms with Crippen LogP contribution in [0.2, 0.25) is 0 Å². The number of amides is 2. The molecular weight excluding hydrogens is 208 g/mol. The monoisotopic (exact) mass is 222 g/mol. The van der Waals surface area contributed by atoms with Crippen molar-refractivity contribution in [2.75, 3.05) is 0 Å². The quantitative estimate of drug-likeness (QED) is 0.651. The first-order chi connectivity index (χ1) is 7.66. The van der Waals surface area contributed by atoms with E-state index in [1.807, 2.05) is 6.92 Å². The van der Waals surface area contributed by atoms with Gasteiger partial charge in [0.1, 0.15) is 6.04 Å². The van der Waals surface area contributed by atoms with Crippen molar-refractivity contribution in [3.63, 3.8) is 0 Å². The third-order valence-corrected chi connectivity index (χ3v) is 2.70. The molecule has 3 N–H and O–H groups in total. The average molecular weight is 222 g/mol. The third-order valence-electron chi connectivity index (χ3n) is 2.70. The molecule has 86 valence electrons. The van der Waals surface area contributed by atoms with Gasteiger partial charge in [-0.05, 0) is 13.3 Å². The molecule has 2 heterocycles. The second kappa shape index (κ2) is 4.34. The van der Waals surface area contributed by atoms with Crippen LogP contribution in [0.4, 0.5) is 0 Å². The number of carbonyl (C=O) groups excluding carboxylic acids is 2. The summed E-state index contributed by atoms with van der Waals surface area (Å²) in [5.74, 6) is -0.189. The number of H-pyrrole nitrogens is 1. The lowest BCUT2D eigenvalue weighted by Crippen LogP contribution is -2.41. The smallest absolute Gasteiger partial charge is 0.242 e. The Bertz CT molecular complexity index is 413. The predicted molar refractivity (Wildman–Crippen MR) is 56.3 cm³/mol. The van der Waals surface area contributed by atoms with Gasteiger partial charge in [0.15, 0.2) is 0 Å². The fraction of sp³-hybridized carbons (Fsp3) is 0.500. The highest BCUT2D eigenvalue weighted by Crippen LogP contribution is 2.07. The van der Waals surface area contributed by atoms with Crippen molar-refractivity contribution in [1.29, 1.82) is 0 Å². The standard InChI is InChI=1S/C10H14N4O2/c1-6-7(5-12-14-6)4-11-10(16)8-2-3-9(15)13-8/h5,8H,2-4H2,1H3,(H,11,16)(H,12,14)(H,13,15). The summed E-state index contributed by atoms with van der Waals surface area (Å²) in [5, 5.41) is 12.1. The number of nitrogens with one attached hydrogen (secondary N) is 3. The van der Waals surface area contributed by atoms with E-state index in [-0.39, 0.29) is 17.9 Å². The van der Waals surface area contributed by atoms with Crippen LogP contribution < -0.4 is 10.6 Å². The minimum Gasteiger partial charge on any atom is -0.350 e. The molecular formula is C10H14N4O2. The van der Waals surface area contributed by atoms with Crippen molar-refractivity contribution in [2.45, 2.75) is 32.4 Å². The van der Waals surface area contributed by atoms with Crippen molar-refractivity contribution in [3.05, 3.63) is 17.5 Å². The highest BCUT2D eigenvalue weighted by molar-refractivity contribution is 5.90. The Morgan fingerprint density at radius 3 is 3.06 bits per heavy atom. The van der Waals surface area contributed by atoms with E-state index in [1.54, 1.807) is 6.20 Å². The summed E-state index contributed by atoms with van der Waals surface area (Å²) >= 11 is 0. The Hall–Kier alpha value is -1.85. The predicted octanol–water partition coefficient (Wildman–Crippen LogP) is -0.387. The molecule has 1 aliphatic heterocycles. The molecule has 6 nitrogen and oxygen atoms in total. The van der Waals surface area contributed by atoms with Gasteiger partial charge >= 0.3 is 0 Å². The molecule has 1 aromatic heterocycles. The van der Waals surface area contributed by atoms with Gasteiger partial charge < -0.3 is 10.6 Å². The van der Waals surface area contributed by atoms with Crippen LogP contribution in [0.3, 0.4) is 0 Å². The Balaban J connectivity index is 1.84. The molecule has 0 radical (unpaired) electrons. The van der Waals surface area contributed by atoms with Crippen LogP contribution in [0.5, 0.6) is 0 Å². The van der Waals surface area contributed by atoms with E-state index >= 15 is 0 Å². The number of nitrogens with zero attached hydrogens (tertiary/aromatic N) is 1. The zero-order chi connectivity index (χ0) is 11.5. The molecule has 6 heteroatoms. The molecule has 2 rings (SSSR count). The van der Waals surface area contributed by atoms with E-state index in [0.29, 0.717) is 19.4 Å². The van der Waals surface area contributed by atoms with Gasteiger partial charge in [-0.15, -0.1) is 0 Å². The molecule has 1 aromatic rings. The van der Waals surface area contributed by atoms with Gasteiger partial charge in [0.05, 0.1) is 6.20 Å². The van der Waals surface area contributed by atoms with E-state index < -0.39 is 0 Å². The van der Waals surface area contributed by atoms with Crippen LogP contribution in [0.25, 0.3) is 0 Å². The first-order valence-corrected chi connectivity index (χ1v) is 5.22. The molecule has 0 spiro atoms. The molecule has 1 saturated heterocycles. The van der Waals surface area contributed by atoms with Gasteiger partial charge in [-0.25, -0.2) is 0 Å². The summed E-state index contributed by atoms with van der Waals surface area (Å²) < 4.78 is 0. The van der Waals surface area contributed by atoms with Crippen molar-refractivity contribution in [1.82, 2.24) is 20.8 Å². The van der Waals surface area contributed by atoms with Crippen molar-refractivity contribution >= 4 is 11.8 Å². The van der Waals surface area contributed by atoms with Gasteiger partial charge in [-0.3, -0.25) is 14.7 Å². The maximum absolute atomic E-state index is 11.6.